The van der Waals surface area contributed by atoms with Crippen LogP contribution in [0, 0.1) is 6.92 Å². The van der Waals surface area contributed by atoms with Crippen LogP contribution in [0.25, 0.3) is 22.0 Å². The number of hydrogen-bond acceptors (Lipinski definition) is 3. The number of phenolic OH excluding ortho intramolecular Hbond substituents is 1. The molecule has 1 aromatic heterocycles. The van der Waals surface area contributed by atoms with E-state index >= 15 is 0 Å². The number of esters is 1. The van der Waals surface area contributed by atoms with Crippen LogP contribution in [-0.2, 0) is 11.3 Å². The number of carbonyl (C=O) groups excluding carboxylic acids is 1. The van der Waals surface area contributed by atoms with E-state index in [0.717, 1.165) is 16.8 Å². The maximum atomic E-state index is 12.4. The lowest BCUT2D eigenvalue weighted by Gasteiger charge is -2.09. The van der Waals surface area contributed by atoms with Gasteiger partial charge < -0.3 is 14.4 Å². The highest BCUT2D eigenvalue weighted by atomic mass is 35.5. The largest absolute Gasteiger partial charge is 0.507 e. The predicted octanol–water partition coefficient (Wildman–Crippen LogP) is 5.34. The highest BCUT2D eigenvalue weighted by Crippen LogP contribution is 2.37. The Hall–Kier alpha value is -2.72. The van der Waals surface area contributed by atoms with Crippen molar-refractivity contribution in [1.29, 1.82) is 0 Å². The Balaban J connectivity index is 2.30. The summed E-state index contributed by atoms with van der Waals surface area (Å²) in [6.07, 6.45) is 1.77. The SMILES string of the molecule is C=CCn1c(C)c(C(=O)OCC)c2cc(O)c(-c3cccc(Cl)c3)cc21. The monoisotopic (exact) mass is 369 g/mol. The first-order valence-electron chi connectivity index (χ1n) is 8.37. The molecule has 0 radical (unpaired) electrons. The number of aromatic hydroxyl groups is 1. The van der Waals surface area contributed by atoms with E-state index in [1.165, 1.54) is 0 Å². The van der Waals surface area contributed by atoms with Crippen LogP contribution >= 0.6 is 11.6 Å². The summed E-state index contributed by atoms with van der Waals surface area (Å²) in [5.74, 6) is -0.311. The Morgan fingerprint density at radius 2 is 2.12 bits per heavy atom. The highest BCUT2D eigenvalue weighted by molar-refractivity contribution is 6.30. The quantitative estimate of drug-likeness (QED) is 0.488. The number of nitrogens with zero attached hydrogens (tertiary/aromatic N) is 1. The molecule has 0 bridgehead atoms. The fourth-order valence-electron chi connectivity index (χ4n) is 3.22. The Morgan fingerprint density at radius 1 is 1.35 bits per heavy atom. The van der Waals surface area contributed by atoms with E-state index in [9.17, 15) is 9.90 Å². The number of carbonyl (C=O) groups is 1. The van der Waals surface area contributed by atoms with Crippen LogP contribution in [0.5, 0.6) is 5.75 Å². The predicted molar refractivity (Wildman–Crippen MR) is 105 cm³/mol. The normalized spacial score (nSPS) is 10.9. The molecule has 2 aromatic carbocycles. The summed E-state index contributed by atoms with van der Waals surface area (Å²) in [4.78, 5) is 12.4. The molecular weight excluding hydrogens is 350 g/mol. The van der Waals surface area contributed by atoms with Crippen LogP contribution in [0.15, 0.2) is 49.1 Å². The lowest BCUT2D eigenvalue weighted by Crippen LogP contribution is -2.07. The fraction of sp³-hybridized carbons (Fsp3) is 0.190. The van der Waals surface area contributed by atoms with Gasteiger partial charge in [-0.1, -0.05) is 29.8 Å². The molecule has 26 heavy (non-hydrogen) atoms. The van der Waals surface area contributed by atoms with Gasteiger partial charge in [-0.3, -0.25) is 0 Å². The van der Waals surface area contributed by atoms with Gasteiger partial charge in [-0.25, -0.2) is 4.79 Å². The molecule has 3 aromatic rings. The Bertz CT molecular complexity index is 1000. The third-order valence-electron chi connectivity index (χ3n) is 4.37. The molecule has 0 saturated carbocycles. The second-order valence-corrected chi connectivity index (χ2v) is 6.41. The van der Waals surface area contributed by atoms with Crippen molar-refractivity contribution in [2.24, 2.45) is 0 Å². The molecule has 5 heteroatoms. The number of hydrogen-bond donors (Lipinski definition) is 1. The van der Waals surface area contributed by atoms with Gasteiger partial charge in [-0.15, -0.1) is 6.58 Å². The van der Waals surface area contributed by atoms with Crippen molar-refractivity contribution >= 4 is 28.5 Å². The van der Waals surface area contributed by atoms with E-state index in [4.69, 9.17) is 16.3 Å². The summed E-state index contributed by atoms with van der Waals surface area (Å²) in [6.45, 7) is 8.27. The van der Waals surface area contributed by atoms with E-state index < -0.39 is 5.97 Å². The zero-order valence-electron chi connectivity index (χ0n) is 14.8. The average Bonchev–Trinajstić information content (AvgIpc) is 2.86. The number of halogens is 1. The van der Waals surface area contributed by atoms with Crippen molar-refractivity contribution in [2.45, 2.75) is 20.4 Å². The maximum absolute atomic E-state index is 12.4. The molecule has 4 nitrogen and oxygen atoms in total. The van der Waals surface area contributed by atoms with E-state index in [-0.39, 0.29) is 5.75 Å². The van der Waals surface area contributed by atoms with Crippen molar-refractivity contribution in [3.05, 3.63) is 65.3 Å². The first-order chi connectivity index (χ1) is 12.5. The van der Waals surface area contributed by atoms with Crippen molar-refractivity contribution in [2.75, 3.05) is 6.61 Å². The summed E-state index contributed by atoms with van der Waals surface area (Å²) >= 11 is 6.09. The summed E-state index contributed by atoms with van der Waals surface area (Å²) in [7, 11) is 0. The lowest BCUT2D eigenvalue weighted by molar-refractivity contribution is 0.0527. The minimum atomic E-state index is -0.396. The minimum Gasteiger partial charge on any atom is -0.507 e. The van der Waals surface area contributed by atoms with E-state index in [1.54, 1.807) is 31.2 Å². The first kappa shape index (κ1) is 18.1. The Labute approximate surface area is 157 Å². The Kier molecular flexibility index (Phi) is 5.05. The number of phenols is 1. The van der Waals surface area contributed by atoms with E-state index in [1.807, 2.05) is 29.7 Å². The standard InChI is InChI=1S/C21H20ClNO3/c1-4-9-23-13(3)20(21(25)26-5-2)17-12-19(24)16(11-18(17)23)14-7-6-8-15(22)10-14/h4,6-8,10-12,24H,1,5,9H2,2-3H3. The molecule has 0 aliphatic heterocycles. The number of rotatable bonds is 5. The molecule has 0 amide bonds. The second kappa shape index (κ2) is 7.26. The molecule has 1 N–H and O–H groups in total. The summed E-state index contributed by atoms with van der Waals surface area (Å²) in [5.41, 5.74) is 3.53. The van der Waals surface area contributed by atoms with Gasteiger partial charge in [-0.2, -0.15) is 0 Å². The number of ether oxygens (including phenoxy) is 1. The van der Waals surface area contributed by atoms with Crippen molar-refractivity contribution in [3.63, 3.8) is 0 Å². The molecule has 0 atom stereocenters. The molecule has 0 spiro atoms. The zero-order valence-corrected chi connectivity index (χ0v) is 15.5. The lowest BCUT2D eigenvalue weighted by atomic mass is 10.0. The molecular formula is C21H20ClNO3. The van der Waals surface area contributed by atoms with Gasteiger partial charge in [0.05, 0.1) is 17.7 Å². The minimum absolute atomic E-state index is 0.0843. The van der Waals surface area contributed by atoms with Gasteiger partial charge in [0.15, 0.2) is 0 Å². The molecule has 0 unspecified atom stereocenters. The van der Waals surface area contributed by atoms with Crippen LogP contribution in [-0.4, -0.2) is 22.2 Å². The number of benzene rings is 2. The van der Waals surface area contributed by atoms with Crippen LogP contribution in [0.1, 0.15) is 23.0 Å². The second-order valence-electron chi connectivity index (χ2n) is 5.98. The highest BCUT2D eigenvalue weighted by Gasteiger charge is 2.22. The van der Waals surface area contributed by atoms with Gasteiger partial charge in [-0.05, 0) is 43.7 Å². The van der Waals surface area contributed by atoms with Gasteiger partial charge in [0.2, 0.25) is 0 Å². The maximum Gasteiger partial charge on any atom is 0.340 e. The third-order valence-corrected chi connectivity index (χ3v) is 4.60. The van der Waals surface area contributed by atoms with E-state index in [2.05, 4.69) is 6.58 Å². The van der Waals surface area contributed by atoms with Crippen LogP contribution in [0.3, 0.4) is 0 Å². The van der Waals surface area contributed by atoms with Crippen molar-refractivity contribution in [3.8, 4) is 16.9 Å². The molecule has 0 aliphatic rings. The van der Waals surface area contributed by atoms with Gasteiger partial charge in [0, 0.05) is 28.2 Å². The molecule has 134 valence electrons. The number of fused-ring (bicyclic) bond motifs is 1. The van der Waals surface area contributed by atoms with Crippen LogP contribution < -0.4 is 0 Å². The molecule has 1 heterocycles. The summed E-state index contributed by atoms with van der Waals surface area (Å²) in [6, 6.07) is 10.8. The van der Waals surface area contributed by atoms with Crippen molar-refractivity contribution < 1.29 is 14.6 Å². The van der Waals surface area contributed by atoms with Crippen molar-refractivity contribution in [1.82, 2.24) is 4.57 Å². The Morgan fingerprint density at radius 3 is 2.77 bits per heavy atom. The van der Waals surface area contributed by atoms with Crippen LogP contribution in [0.4, 0.5) is 0 Å². The smallest absolute Gasteiger partial charge is 0.340 e. The fourth-order valence-corrected chi connectivity index (χ4v) is 3.41. The zero-order chi connectivity index (χ0) is 18.8. The van der Waals surface area contributed by atoms with Gasteiger partial charge >= 0.3 is 5.97 Å². The number of aromatic nitrogens is 1. The molecule has 0 fully saturated rings. The summed E-state index contributed by atoms with van der Waals surface area (Å²) in [5, 5.41) is 11.8. The topological polar surface area (TPSA) is 51.5 Å². The van der Waals surface area contributed by atoms with Crippen LogP contribution in [0.2, 0.25) is 5.02 Å². The molecule has 0 saturated heterocycles. The third kappa shape index (κ3) is 3.08. The van der Waals surface area contributed by atoms with E-state index in [0.29, 0.717) is 34.7 Å². The summed E-state index contributed by atoms with van der Waals surface area (Å²) < 4.78 is 7.19. The van der Waals surface area contributed by atoms with Gasteiger partial charge in [0.1, 0.15) is 5.75 Å². The molecule has 0 aliphatic carbocycles. The molecule has 3 rings (SSSR count). The average molecular weight is 370 g/mol. The first-order valence-corrected chi connectivity index (χ1v) is 8.75. The number of allylic oxidation sites excluding steroid dienone is 1. The van der Waals surface area contributed by atoms with Gasteiger partial charge in [0.25, 0.3) is 0 Å².